The van der Waals surface area contributed by atoms with E-state index in [2.05, 4.69) is 27.6 Å². The fourth-order valence-electron chi connectivity index (χ4n) is 3.60. The number of rotatable bonds is 5. The molecule has 1 saturated heterocycles. The highest BCUT2D eigenvalue weighted by Gasteiger charge is 2.40. The van der Waals surface area contributed by atoms with Gasteiger partial charge in [-0.1, -0.05) is 22.6 Å². The molecule has 0 aliphatic carbocycles. The average Bonchev–Trinajstić information content (AvgIpc) is 2.79. The molecular weight excluding hydrogens is 577 g/mol. The van der Waals surface area contributed by atoms with Gasteiger partial charge in [-0.25, -0.2) is 27.2 Å². The normalized spacial score (nSPS) is 17.1. The van der Waals surface area contributed by atoms with E-state index < -0.39 is 31.1 Å². The van der Waals surface area contributed by atoms with Crippen molar-refractivity contribution in [3.63, 3.8) is 0 Å². The summed E-state index contributed by atoms with van der Waals surface area (Å²) >= 11 is 2.24. The molecular formula is C23H23F2IN4O3S. The topological polar surface area (TPSA) is 98.4 Å². The number of nitrogen functional groups attached to an aromatic ring is 1. The number of hydrogen-bond donors (Lipinski definition) is 1. The van der Waals surface area contributed by atoms with Crippen LogP contribution in [0.5, 0.6) is 0 Å². The van der Waals surface area contributed by atoms with E-state index in [1.54, 1.807) is 30.3 Å². The van der Waals surface area contributed by atoms with Crippen molar-refractivity contribution in [2.45, 2.75) is 27.5 Å². The van der Waals surface area contributed by atoms with Gasteiger partial charge in [-0.3, -0.25) is 0 Å². The molecule has 0 unspecified atom stereocenters. The zero-order chi connectivity index (χ0) is 24.7. The zero-order valence-electron chi connectivity index (χ0n) is 18.5. The monoisotopic (exact) mass is 600 g/mol. The third kappa shape index (κ3) is 4.73. The molecule has 3 aromatic rings. The van der Waals surface area contributed by atoms with Crippen molar-refractivity contribution in [2.24, 2.45) is 0 Å². The number of aromatic nitrogens is 2. The third-order valence-corrected chi connectivity index (χ3v) is 9.12. The van der Waals surface area contributed by atoms with E-state index in [0.717, 1.165) is 12.1 Å². The lowest BCUT2D eigenvalue weighted by atomic mass is 10.1. The Kier molecular flexibility index (Phi) is 6.80. The Morgan fingerprint density at radius 1 is 1.09 bits per heavy atom. The number of benzene rings is 2. The van der Waals surface area contributed by atoms with Crippen molar-refractivity contribution < 1.29 is 21.9 Å². The summed E-state index contributed by atoms with van der Waals surface area (Å²) in [4.78, 5) is 10.8. The van der Waals surface area contributed by atoms with E-state index in [0.29, 0.717) is 48.7 Å². The molecule has 0 spiro atoms. The summed E-state index contributed by atoms with van der Waals surface area (Å²) in [6.07, 6.45) is 0. The molecule has 2 N–H and O–H groups in total. The van der Waals surface area contributed by atoms with Gasteiger partial charge in [0, 0.05) is 29.9 Å². The van der Waals surface area contributed by atoms with Crippen molar-refractivity contribution in [1.29, 1.82) is 0 Å². The number of morpholine rings is 1. The Morgan fingerprint density at radius 2 is 1.74 bits per heavy atom. The van der Waals surface area contributed by atoms with Gasteiger partial charge in [-0.15, -0.1) is 0 Å². The largest absolute Gasteiger partial charge is 0.399 e. The number of alkyl halides is 1. The molecule has 1 atom stereocenters. The minimum atomic E-state index is -4.24. The van der Waals surface area contributed by atoms with Crippen molar-refractivity contribution >= 4 is 43.9 Å². The van der Waals surface area contributed by atoms with Crippen molar-refractivity contribution in [1.82, 2.24) is 9.97 Å². The zero-order valence-corrected chi connectivity index (χ0v) is 21.5. The summed E-state index contributed by atoms with van der Waals surface area (Å²) in [7, 11) is -4.24. The molecule has 0 bridgehead atoms. The Hall–Kier alpha value is -2.38. The van der Waals surface area contributed by atoms with Crippen LogP contribution in [0.25, 0.3) is 11.4 Å². The van der Waals surface area contributed by atoms with E-state index in [1.807, 2.05) is 4.90 Å². The van der Waals surface area contributed by atoms with Crippen LogP contribution in [-0.2, 0) is 19.3 Å². The number of ether oxygens (including phenoxy) is 1. The minimum absolute atomic E-state index is 0.0228. The van der Waals surface area contributed by atoms with Gasteiger partial charge < -0.3 is 15.4 Å². The lowest BCUT2D eigenvalue weighted by Gasteiger charge is -2.34. The van der Waals surface area contributed by atoms with Crippen molar-refractivity contribution in [3.8, 4) is 11.4 Å². The van der Waals surface area contributed by atoms with Crippen LogP contribution < -0.4 is 10.6 Å². The predicted molar refractivity (Wildman–Crippen MR) is 134 cm³/mol. The number of halogens is 3. The highest BCUT2D eigenvalue weighted by Crippen LogP contribution is 2.37. The summed E-state index contributed by atoms with van der Waals surface area (Å²) < 4.78 is 58.7. The molecule has 0 saturated carbocycles. The molecule has 7 nitrogen and oxygen atoms in total. The summed E-state index contributed by atoms with van der Waals surface area (Å²) in [6.45, 7) is 4.48. The van der Waals surface area contributed by atoms with Crippen LogP contribution in [0.3, 0.4) is 0 Å². The quantitative estimate of drug-likeness (QED) is 0.202. The molecule has 1 aliphatic rings. The van der Waals surface area contributed by atoms with Crippen LogP contribution in [0.15, 0.2) is 53.4 Å². The molecule has 11 heteroatoms. The Labute approximate surface area is 210 Å². The number of hydrogen-bond acceptors (Lipinski definition) is 7. The third-order valence-electron chi connectivity index (χ3n) is 5.68. The van der Waals surface area contributed by atoms with Crippen LogP contribution in [0, 0.1) is 11.6 Å². The van der Waals surface area contributed by atoms with Crippen LogP contribution in [0.1, 0.15) is 19.5 Å². The Bertz CT molecular complexity index is 1300. The molecule has 4 rings (SSSR count). The summed E-state index contributed by atoms with van der Waals surface area (Å²) in [5.74, 6) is -1.09. The van der Waals surface area contributed by atoms with Gasteiger partial charge >= 0.3 is 0 Å². The molecule has 2 heterocycles. The number of nitrogens with two attached hydrogens (primary N) is 1. The molecule has 1 aromatic heterocycles. The summed E-state index contributed by atoms with van der Waals surface area (Å²) in [5.41, 5.74) is 7.23. The molecule has 34 heavy (non-hydrogen) atoms. The predicted octanol–water partition coefficient (Wildman–Crippen LogP) is 4.31. The first kappa shape index (κ1) is 24.7. The lowest BCUT2D eigenvalue weighted by Crippen LogP contribution is -2.42. The van der Waals surface area contributed by atoms with Crippen LogP contribution in [0.2, 0.25) is 0 Å². The second-order valence-corrected chi connectivity index (χ2v) is 12.3. The van der Waals surface area contributed by atoms with Gasteiger partial charge in [-0.05, 0) is 50.2 Å². The number of sulfone groups is 1. The van der Waals surface area contributed by atoms with E-state index >= 15 is 0 Å². The van der Waals surface area contributed by atoms with E-state index in [9.17, 15) is 17.2 Å². The van der Waals surface area contributed by atoms with Gasteiger partial charge in [-0.2, -0.15) is 0 Å². The first-order valence-corrected chi connectivity index (χ1v) is 13.2. The molecule has 1 aliphatic heterocycles. The molecule has 0 radical (unpaired) electrons. The van der Waals surface area contributed by atoms with Crippen LogP contribution >= 0.6 is 22.6 Å². The fourth-order valence-corrected chi connectivity index (χ4v) is 5.92. The molecule has 2 aromatic carbocycles. The standard InChI is InChI=1S/C23H23F2IN4O3S/c1-23(2,34(31,32)18-10-15(24)9-16(25)11-18)19-12-21(30-7-8-33-13-20(30)26)29-22(28-19)14-3-5-17(27)6-4-14/h3-6,9-12,20H,7-8,13,27H2,1-2H3/t20-/m1/s1. The Morgan fingerprint density at radius 3 is 2.35 bits per heavy atom. The maximum atomic E-state index is 13.9. The highest BCUT2D eigenvalue weighted by atomic mass is 127. The maximum Gasteiger partial charge on any atom is 0.189 e. The Balaban J connectivity index is 1.89. The maximum absolute atomic E-state index is 13.9. The first-order chi connectivity index (χ1) is 16.0. The van der Waals surface area contributed by atoms with E-state index in [4.69, 9.17) is 15.5 Å². The average molecular weight is 600 g/mol. The van der Waals surface area contributed by atoms with Gasteiger partial charge in [0.15, 0.2) is 15.7 Å². The number of anilines is 2. The fraction of sp³-hybridized carbons (Fsp3) is 0.304. The minimum Gasteiger partial charge on any atom is -0.399 e. The summed E-state index contributed by atoms with van der Waals surface area (Å²) in [5, 5.41) is 0. The van der Waals surface area contributed by atoms with E-state index in [-0.39, 0.29) is 9.74 Å². The van der Waals surface area contributed by atoms with Crippen LogP contribution in [-0.4, -0.2) is 42.2 Å². The van der Waals surface area contributed by atoms with Gasteiger partial charge in [0.05, 0.1) is 23.8 Å². The molecule has 180 valence electrons. The second-order valence-electron chi connectivity index (χ2n) is 8.38. The van der Waals surface area contributed by atoms with Crippen molar-refractivity contribution in [2.75, 3.05) is 30.4 Å². The smallest absolute Gasteiger partial charge is 0.189 e. The van der Waals surface area contributed by atoms with Crippen molar-refractivity contribution in [3.05, 3.63) is 65.9 Å². The highest BCUT2D eigenvalue weighted by molar-refractivity contribution is 14.1. The lowest BCUT2D eigenvalue weighted by molar-refractivity contribution is 0.118. The van der Waals surface area contributed by atoms with E-state index in [1.165, 1.54) is 13.8 Å². The summed E-state index contributed by atoms with van der Waals surface area (Å²) in [6, 6.07) is 10.8. The molecule has 1 fully saturated rings. The van der Waals surface area contributed by atoms with Crippen LogP contribution in [0.4, 0.5) is 20.3 Å². The van der Waals surface area contributed by atoms with Gasteiger partial charge in [0.25, 0.3) is 0 Å². The molecule has 0 amide bonds. The second kappa shape index (κ2) is 9.34. The first-order valence-electron chi connectivity index (χ1n) is 10.4. The van der Waals surface area contributed by atoms with Gasteiger partial charge in [0.2, 0.25) is 0 Å². The van der Waals surface area contributed by atoms with Gasteiger partial charge in [0.1, 0.15) is 26.2 Å². The number of nitrogens with zero attached hydrogens (tertiary/aromatic N) is 3. The SMILES string of the molecule is CC(C)(c1cc(N2CCOC[C@@H]2I)nc(-c2ccc(N)cc2)n1)S(=O)(=O)c1cc(F)cc(F)c1.